The van der Waals surface area contributed by atoms with Crippen molar-refractivity contribution in [3.63, 3.8) is 0 Å². The second-order valence-electron chi connectivity index (χ2n) is 6.52. The number of hydrogen-bond donors (Lipinski definition) is 2. The van der Waals surface area contributed by atoms with E-state index in [2.05, 4.69) is 10.6 Å². The van der Waals surface area contributed by atoms with Crippen molar-refractivity contribution in [3.05, 3.63) is 77.4 Å². The smallest absolute Gasteiger partial charge is 0.458 e. The van der Waals surface area contributed by atoms with Gasteiger partial charge in [0.05, 0.1) is 12.7 Å². The zero-order valence-electron chi connectivity index (χ0n) is 17.7. The van der Waals surface area contributed by atoms with Crippen LogP contribution in [0.15, 0.2) is 60.4 Å². The van der Waals surface area contributed by atoms with Crippen LogP contribution in [0.4, 0.5) is 26.3 Å². The van der Waals surface area contributed by atoms with Gasteiger partial charge in [0.2, 0.25) is 0 Å². The van der Waals surface area contributed by atoms with Crippen LogP contribution in [-0.2, 0) is 10.7 Å². The van der Waals surface area contributed by atoms with Crippen LogP contribution in [0.1, 0.15) is 15.9 Å². The van der Waals surface area contributed by atoms with E-state index in [1.807, 2.05) is 0 Å². The molecule has 2 rings (SSSR count). The number of alkyl halides is 5. The van der Waals surface area contributed by atoms with Crippen LogP contribution in [-0.4, -0.2) is 32.5 Å². The van der Waals surface area contributed by atoms with Gasteiger partial charge >= 0.3 is 12.1 Å². The van der Waals surface area contributed by atoms with Crippen LogP contribution >= 0.6 is 0 Å². The molecule has 0 aliphatic heterocycles. The SMILES string of the molecule is CN/C=C\C(=C/C=O)NC(=O)c1ccc(C(F)(F)C(F)(F)F)cc1Oc1ccc(OC)c(F)c1. The number of rotatable bonds is 9. The molecule has 0 aliphatic carbocycles. The Morgan fingerprint density at radius 1 is 1.03 bits per heavy atom. The highest BCUT2D eigenvalue weighted by Gasteiger charge is 2.58. The Bertz CT molecular complexity index is 1110. The fraction of sp³-hybridized carbons (Fsp3) is 0.182. The molecule has 0 radical (unpaired) electrons. The minimum Gasteiger partial charge on any atom is -0.494 e. The molecule has 0 aromatic heterocycles. The summed E-state index contributed by atoms with van der Waals surface area (Å²) in [6, 6.07) is 4.52. The van der Waals surface area contributed by atoms with Crippen LogP contribution < -0.4 is 20.1 Å². The molecule has 182 valence electrons. The summed E-state index contributed by atoms with van der Waals surface area (Å²) in [7, 11) is 2.73. The zero-order valence-corrected chi connectivity index (χ0v) is 17.7. The van der Waals surface area contributed by atoms with Crippen LogP contribution in [0.2, 0.25) is 0 Å². The van der Waals surface area contributed by atoms with Crippen molar-refractivity contribution in [2.24, 2.45) is 0 Å². The van der Waals surface area contributed by atoms with Crippen LogP contribution in [0.5, 0.6) is 17.2 Å². The van der Waals surface area contributed by atoms with Crippen molar-refractivity contribution < 1.29 is 45.4 Å². The highest BCUT2D eigenvalue weighted by Crippen LogP contribution is 2.45. The maximum atomic E-state index is 14.0. The molecule has 6 nitrogen and oxygen atoms in total. The molecule has 0 saturated carbocycles. The minimum absolute atomic E-state index is 0.0273. The third-order valence-electron chi connectivity index (χ3n) is 4.23. The molecule has 0 aliphatic rings. The first-order valence-electron chi connectivity index (χ1n) is 9.35. The topological polar surface area (TPSA) is 76.7 Å². The Morgan fingerprint density at radius 3 is 2.29 bits per heavy atom. The predicted octanol–water partition coefficient (Wildman–Crippen LogP) is 4.83. The highest BCUT2D eigenvalue weighted by molar-refractivity contribution is 5.98. The fourth-order valence-corrected chi connectivity index (χ4v) is 2.57. The van der Waals surface area contributed by atoms with Crippen LogP contribution in [0.25, 0.3) is 0 Å². The third-order valence-corrected chi connectivity index (χ3v) is 4.23. The van der Waals surface area contributed by atoms with E-state index in [9.17, 15) is 35.9 Å². The van der Waals surface area contributed by atoms with E-state index in [4.69, 9.17) is 9.47 Å². The second-order valence-corrected chi connectivity index (χ2v) is 6.52. The van der Waals surface area contributed by atoms with Gasteiger partial charge in [-0.2, -0.15) is 22.0 Å². The molecule has 0 unspecified atom stereocenters. The number of allylic oxidation sites excluding steroid dienone is 2. The summed E-state index contributed by atoms with van der Waals surface area (Å²) in [6.07, 6.45) is -1.94. The Balaban J connectivity index is 2.55. The Kier molecular flexibility index (Phi) is 8.33. The van der Waals surface area contributed by atoms with Gasteiger partial charge in [0.1, 0.15) is 17.8 Å². The van der Waals surface area contributed by atoms with Gasteiger partial charge in [0.25, 0.3) is 5.91 Å². The van der Waals surface area contributed by atoms with Crippen molar-refractivity contribution in [3.8, 4) is 17.2 Å². The predicted molar refractivity (Wildman–Crippen MR) is 109 cm³/mol. The lowest BCUT2D eigenvalue weighted by Gasteiger charge is -2.21. The van der Waals surface area contributed by atoms with E-state index in [-0.39, 0.29) is 17.2 Å². The summed E-state index contributed by atoms with van der Waals surface area (Å²) in [4.78, 5) is 23.5. The Labute approximate surface area is 189 Å². The first kappa shape index (κ1) is 26.3. The van der Waals surface area contributed by atoms with E-state index >= 15 is 0 Å². The van der Waals surface area contributed by atoms with Gasteiger partial charge in [-0.1, -0.05) is 6.07 Å². The molecule has 2 aromatic rings. The van der Waals surface area contributed by atoms with Gasteiger partial charge in [-0.05, 0) is 36.5 Å². The first-order valence-corrected chi connectivity index (χ1v) is 9.35. The average Bonchev–Trinajstić information content (AvgIpc) is 2.76. The van der Waals surface area contributed by atoms with Crippen molar-refractivity contribution in [2.45, 2.75) is 12.1 Å². The van der Waals surface area contributed by atoms with E-state index in [1.165, 1.54) is 26.4 Å². The third kappa shape index (κ3) is 6.09. The average molecular weight is 488 g/mol. The van der Waals surface area contributed by atoms with E-state index in [0.29, 0.717) is 24.5 Å². The molecule has 34 heavy (non-hydrogen) atoms. The van der Waals surface area contributed by atoms with Gasteiger partial charge in [-0.3, -0.25) is 9.59 Å². The fourth-order valence-electron chi connectivity index (χ4n) is 2.57. The summed E-state index contributed by atoms with van der Waals surface area (Å²) < 4.78 is 90.5. The van der Waals surface area contributed by atoms with E-state index in [0.717, 1.165) is 24.3 Å². The highest BCUT2D eigenvalue weighted by atomic mass is 19.4. The number of carbonyl (C=O) groups is 2. The largest absolute Gasteiger partial charge is 0.494 e. The molecular weight excluding hydrogens is 470 g/mol. The van der Waals surface area contributed by atoms with Crippen molar-refractivity contribution >= 4 is 12.2 Å². The lowest BCUT2D eigenvalue weighted by molar-refractivity contribution is -0.289. The van der Waals surface area contributed by atoms with Gasteiger partial charge in [-0.15, -0.1) is 0 Å². The number of halogens is 6. The van der Waals surface area contributed by atoms with Crippen molar-refractivity contribution in [1.29, 1.82) is 0 Å². The molecule has 0 fully saturated rings. The lowest BCUT2D eigenvalue weighted by atomic mass is 10.0. The molecule has 2 N–H and O–H groups in total. The first-order chi connectivity index (χ1) is 15.9. The second kappa shape index (κ2) is 10.8. The van der Waals surface area contributed by atoms with E-state index in [1.54, 1.807) is 0 Å². The summed E-state index contributed by atoms with van der Waals surface area (Å²) in [5.41, 5.74) is -1.99. The maximum absolute atomic E-state index is 14.0. The molecule has 2 aromatic carbocycles. The Morgan fingerprint density at radius 2 is 1.74 bits per heavy atom. The normalized spacial score (nSPS) is 12.4. The zero-order chi connectivity index (χ0) is 25.5. The van der Waals surface area contributed by atoms with Gasteiger partial charge < -0.3 is 20.1 Å². The summed E-state index contributed by atoms with van der Waals surface area (Å²) in [6.45, 7) is 0. The van der Waals surface area contributed by atoms with Crippen molar-refractivity contribution in [2.75, 3.05) is 14.2 Å². The number of amides is 1. The van der Waals surface area contributed by atoms with Gasteiger partial charge in [0, 0.05) is 30.5 Å². The molecule has 0 bridgehead atoms. The standard InChI is InChI=1S/C22H18F6N2O4/c1-29-9-7-14(8-10-31)30-20(32)16-5-3-13(21(24,25)22(26,27)28)11-19(16)34-15-4-6-18(33-2)17(23)12-15/h3-12,29H,1-2H3,(H,30,32)/b9-7-,14-8+. The number of carbonyl (C=O) groups excluding carboxylic acids is 2. The lowest BCUT2D eigenvalue weighted by Crippen LogP contribution is -2.33. The number of hydrogen-bond acceptors (Lipinski definition) is 5. The minimum atomic E-state index is -5.92. The monoisotopic (exact) mass is 488 g/mol. The van der Waals surface area contributed by atoms with Gasteiger partial charge in [0.15, 0.2) is 11.6 Å². The number of aldehydes is 1. The number of benzene rings is 2. The van der Waals surface area contributed by atoms with Crippen molar-refractivity contribution in [1.82, 2.24) is 10.6 Å². The van der Waals surface area contributed by atoms with Crippen LogP contribution in [0.3, 0.4) is 0 Å². The molecule has 0 saturated heterocycles. The van der Waals surface area contributed by atoms with Gasteiger partial charge in [-0.25, -0.2) is 4.39 Å². The van der Waals surface area contributed by atoms with E-state index < -0.39 is 40.7 Å². The summed E-state index contributed by atoms with van der Waals surface area (Å²) in [5, 5.41) is 4.91. The molecule has 12 heteroatoms. The number of methoxy groups -OCH3 is 1. The number of nitrogens with one attached hydrogen (secondary N) is 2. The molecule has 1 amide bonds. The quantitative estimate of drug-likeness (QED) is 0.229. The maximum Gasteiger partial charge on any atom is 0.458 e. The summed E-state index contributed by atoms with van der Waals surface area (Å²) in [5.74, 6) is -8.37. The number of ether oxygens (including phenoxy) is 2. The molecular formula is C22H18F6N2O4. The Hall–Kier alpha value is -3.96. The molecule has 0 atom stereocenters. The molecule has 0 heterocycles. The summed E-state index contributed by atoms with van der Waals surface area (Å²) >= 11 is 0. The van der Waals surface area contributed by atoms with Crippen LogP contribution in [0, 0.1) is 5.82 Å². The molecule has 0 spiro atoms.